The summed E-state index contributed by atoms with van der Waals surface area (Å²) >= 11 is 0. The van der Waals surface area contributed by atoms with Gasteiger partial charge in [0.05, 0.1) is 19.8 Å². The van der Waals surface area contributed by atoms with E-state index in [9.17, 15) is 5.11 Å². The van der Waals surface area contributed by atoms with Crippen LogP contribution < -0.4 is 4.74 Å². The smallest absolute Gasteiger partial charge is 0.118 e. The van der Waals surface area contributed by atoms with Crippen LogP contribution in [-0.2, 0) is 11.3 Å². The third-order valence-corrected chi connectivity index (χ3v) is 4.07. The van der Waals surface area contributed by atoms with Gasteiger partial charge in [-0.15, -0.1) is 0 Å². The molecule has 0 saturated heterocycles. The van der Waals surface area contributed by atoms with Crippen LogP contribution in [0.5, 0.6) is 5.75 Å². The minimum atomic E-state index is -0.202. The van der Waals surface area contributed by atoms with E-state index in [2.05, 4.69) is 19.1 Å². The van der Waals surface area contributed by atoms with Crippen molar-refractivity contribution >= 4 is 0 Å². The predicted molar refractivity (Wildman–Crippen MR) is 79.7 cm³/mol. The minimum Gasteiger partial charge on any atom is -0.497 e. The van der Waals surface area contributed by atoms with E-state index >= 15 is 0 Å². The van der Waals surface area contributed by atoms with Gasteiger partial charge in [-0.1, -0.05) is 31.2 Å². The zero-order valence-corrected chi connectivity index (χ0v) is 12.3. The number of hydrogen-bond donors (Lipinski definition) is 1. The lowest BCUT2D eigenvalue weighted by Gasteiger charge is -2.28. The molecule has 1 aromatic rings. The van der Waals surface area contributed by atoms with E-state index in [1.165, 1.54) is 0 Å². The molecule has 0 amide bonds. The minimum absolute atomic E-state index is 0.202. The lowest BCUT2D eigenvalue weighted by atomic mass is 9.81. The van der Waals surface area contributed by atoms with Crippen LogP contribution in [0.25, 0.3) is 0 Å². The summed E-state index contributed by atoms with van der Waals surface area (Å²) in [6, 6.07) is 7.93. The standard InChI is InChI=1S/C17H24O3/c1-13-15(4-3-5-17(13)18)10-11-20-12-14-6-8-16(19-2)9-7-14/h3-4,6-9,13,15,17-18H,5,10-12H2,1-2H3/t13-,15-,17?/m0/s1. The highest BCUT2D eigenvalue weighted by molar-refractivity contribution is 5.26. The molecule has 1 aliphatic carbocycles. The molecule has 0 fully saturated rings. The number of benzene rings is 1. The first-order valence-electron chi connectivity index (χ1n) is 7.26. The zero-order valence-electron chi connectivity index (χ0n) is 12.3. The lowest BCUT2D eigenvalue weighted by Crippen LogP contribution is -2.27. The monoisotopic (exact) mass is 276 g/mol. The van der Waals surface area contributed by atoms with E-state index < -0.39 is 0 Å². The van der Waals surface area contributed by atoms with Crippen molar-refractivity contribution in [2.75, 3.05) is 13.7 Å². The third-order valence-electron chi connectivity index (χ3n) is 4.07. The molecule has 1 N–H and O–H groups in total. The molecule has 0 aliphatic heterocycles. The van der Waals surface area contributed by atoms with Gasteiger partial charge in [-0.25, -0.2) is 0 Å². The molecular weight excluding hydrogens is 252 g/mol. The first-order chi connectivity index (χ1) is 9.70. The molecule has 3 heteroatoms. The highest BCUT2D eigenvalue weighted by Gasteiger charge is 2.24. The zero-order chi connectivity index (χ0) is 14.4. The summed E-state index contributed by atoms with van der Waals surface area (Å²) in [5.74, 6) is 1.61. The van der Waals surface area contributed by atoms with Crippen molar-refractivity contribution in [1.82, 2.24) is 0 Å². The van der Waals surface area contributed by atoms with Gasteiger partial charge in [0, 0.05) is 6.61 Å². The average molecular weight is 276 g/mol. The number of hydrogen-bond acceptors (Lipinski definition) is 3. The summed E-state index contributed by atoms with van der Waals surface area (Å²) in [4.78, 5) is 0. The van der Waals surface area contributed by atoms with Gasteiger partial charge in [-0.05, 0) is 42.4 Å². The van der Waals surface area contributed by atoms with E-state index in [0.717, 1.165) is 30.8 Å². The second-order valence-corrected chi connectivity index (χ2v) is 5.44. The van der Waals surface area contributed by atoms with Crippen molar-refractivity contribution in [3.8, 4) is 5.75 Å². The first kappa shape index (κ1) is 15.1. The van der Waals surface area contributed by atoms with E-state index in [1.807, 2.05) is 24.3 Å². The molecule has 0 saturated carbocycles. The molecule has 0 aromatic heterocycles. The molecule has 1 unspecified atom stereocenters. The SMILES string of the molecule is COc1ccc(COCC[C@@H]2C=CCC(O)[C@H]2C)cc1. The maximum atomic E-state index is 9.83. The van der Waals surface area contributed by atoms with Gasteiger partial charge in [0.25, 0.3) is 0 Å². The Labute approximate surface area is 121 Å². The van der Waals surface area contributed by atoms with Crippen LogP contribution in [-0.4, -0.2) is 24.9 Å². The fourth-order valence-corrected chi connectivity index (χ4v) is 2.56. The molecule has 1 aromatic carbocycles. The van der Waals surface area contributed by atoms with E-state index in [0.29, 0.717) is 18.4 Å². The van der Waals surface area contributed by atoms with Crippen LogP contribution in [0, 0.1) is 11.8 Å². The average Bonchev–Trinajstić information content (AvgIpc) is 2.48. The largest absolute Gasteiger partial charge is 0.497 e. The normalized spacial score (nSPS) is 25.6. The Morgan fingerprint density at radius 2 is 2.00 bits per heavy atom. The van der Waals surface area contributed by atoms with E-state index in [4.69, 9.17) is 9.47 Å². The summed E-state index contributed by atoms with van der Waals surface area (Å²) in [7, 11) is 1.67. The fraction of sp³-hybridized carbons (Fsp3) is 0.529. The summed E-state index contributed by atoms with van der Waals surface area (Å²) in [5, 5.41) is 9.83. The Morgan fingerprint density at radius 3 is 2.70 bits per heavy atom. The van der Waals surface area contributed by atoms with Crippen molar-refractivity contribution < 1.29 is 14.6 Å². The van der Waals surface area contributed by atoms with Gasteiger partial charge in [-0.3, -0.25) is 0 Å². The Balaban J connectivity index is 1.70. The van der Waals surface area contributed by atoms with Gasteiger partial charge in [0.2, 0.25) is 0 Å². The molecule has 3 nitrogen and oxygen atoms in total. The molecular formula is C17H24O3. The lowest BCUT2D eigenvalue weighted by molar-refractivity contribution is 0.0635. The Kier molecular flexibility index (Phi) is 5.62. The van der Waals surface area contributed by atoms with Crippen LogP contribution in [0.2, 0.25) is 0 Å². The van der Waals surface area contributed by atoms with Crippen LogP contribution in [0.4, 0.5) is 0 Å². The van der Waals surface area contributed by atoms with Crippen LogP contribution in [0.3, 0.4) is 0 Å². The molecule has 0 spiro atoms. The van der Waals surface area contributed by atoms with Gasteiger partial charge < -0.3 is 14.6 Å². The number of aliphatic hydroxyl groups excluding tert-OH is 1. The maximum absolute atomic E-state index is 9.83. The van der Waals surface area contributed by atoms with Crippen molar-refractivity contribution in [3.05, 3.63) is 42.0 Å². The number of rotatable bonds is 6. The predicted octanol–water partition coefficient (Wildman–Crippen LogP) is 3.18. The Morgan fingerprint density at radius 1 is 1.25 bits per heavy atom. The Hall–Kier alpha value is -1.32. The topological polar surface area (TPSA) is 38.7 Å². The second-order valence-electron chi connectivity index (χ2n) is 5.44. The summed E-state index contributed by atoms with van der Waals surface area (Å²) in [5.41, 5.74) is 1.15. The van der Waals surface area contributed by atoms with Crippen LogP contribution in [0.1, 0.15) is 25.3 Å². The second kappa shape index (κ2) is 7.46. The van der Waals surface area contributed by atoms with Crippen molar-refractivity contribution in [2.24, 2.45) is 11.8 Å². The highest BCUT2D eigenvalue weighted by Crippen LogP contribution is 2.27. The fourth-order valence-electron chi connectivity index (χ4n) is 2.56. The number of ether oxygens (including phenoxy) is 2. The number of methoxy groups -OCH3 is 1. The van der Waals surface area contributed by atoms with Crippen LogP contribution >= 0.6 is 0 Å². The van der Waals surface area contributed by atoms with Crippen molar-refractivity contribution in [1.29, 1.82) is 0 Å². The van der Waals surface area contributed by atoms with E-state index in [1.54, 1.807) is 7.11 Å². The molecule has 0 radical (unpaired) electrons. The molecule has 0 heterocycles. The summed E-state index contributed by atoms with van der Waals surface area (Å²) in [6.45, 7) is 3.46. The van der Waals surface area contributed by atoms with Crippen molar-refractivity contribution in [2.45, 2.75) is 32.5 Å². The van der Waals surface area contributed by atoms with E-state index in [-0.39, 0.29) is 6.10 Å². The van der Waals surface area contributed by atoms with Crippen molar-refractivity contribution in [3.63, 3.8) is 0 Å². The van der Waals surface area contributed by atoms with Gasteiger partial charge >= 0.3 is 0 Å². The van der Waals surface area contributed by atoms with Crippen LogP contribution in [0.15, 0.2) is 36.4 Å². The molecule has 0 bridgehead atoms. The molecule has 20 heavy (non-hydrogen) atoms. The molecule has 1 aliphatic rings. The summed E-state index contributed by atoms with van der Waals surface area (Å²) < 4.78 is 10.8. The maximum Gasteiger partial charge on any atom is 0.118 e. The van der Waals surface area contributed by atoms with Gasteiger partial charge in [-0.2, -0.15) is 0 Å². The molecule has 110 valence electrons. The Bertz CT molecular complexity index is 424. The number of aliphatic hydroxyl groups is 1. The van der Waals surface area contributed by atoms with Gasteiger partial charge in [0.1, 0.15) is 5.75 Å². The first-order valence-corrected chi connectivity index (χ1v) is 7.26. The third kappa shape index (κ3) is 4.09. The van der Waals surface area contributed by atoms with Gasteiger partial charge in [0.15, 0.2) is 0 Å². The quantitative estimate of drug-likeness (QED) is 0.640. The molecule has 3 atom stereocenters. The highest BCUT2D eigenvalue weighted by atomic mass is 16.5. The number of allylic oxidation sites excluding steroid dienone is 1. The summed E-state index contributed by atoms with van der Waals surface area (Å²) in [6.07, 6.45) is 5.84. The molecule has 2 rings (SSSR count).